The molecular weight excluding hydrogens is 184 g/mol. The zero-order valence-corrected chi connectivity index (χ0v) is 9.45. The standard InChI is InChI=1S/C14H20O/c1-12(15)11-14(9-5-6-10-14)13-7-3-2-4-8-13/h2-4,7-8,12,15H,5-6,9-11H2,1H3. The summed E-state index contributed by atoms with van der Waals surface area (Å²) in [5, 5.41) is 9.64. The summed E-state index contributed by atoms with van der Waals surface area (Å²) in [5.74, 6) is 0. The van der Waals surface area contributed by atoms with Gasteiger partial charge in [0.15, 0.2) is 0 Å². The van der Waals surface area contributed by atoms with Gasteiger partial charge < -0.3 is 5.11 Å². The third-order valence-corrected chi connectivity index (χ3v) is 3.63. The van der Waals surface area contributed by atoms with Crippen molar-refractivity contribution in [3.8, 4) is 0 Å². The highest BCUT2D eigenvalue weighted by atomic mass is 16.3. The maximum Gasteiger partial charge on any atom is 0.0520 e. The Morgan fingerprint density at radius 2 is 1.80 bits per heavy atom. The van der Waals surface area contributed by atoms with Gasteiger partial charge in [0, 0.05) is 0 Å². The molecule has 0 radical (unpaired) electrons. The summed E-state index contributed by atoms with van der Waals surface area (Å²) in [7, 11) is 0. The van der Waals surface area contributed by atoms with E-state index in [9.17, 15) is 5.11 Å². The molecule has 0 spiro atoms. The van der Waals surface area contributed by atoms with E-state index in [1.807, 2.05) is 6.92 Å². The molecule has 0 aliphatic heterocycles. The van der Waals surface area contributed by atoms with Crippen molar-refractivity contribution in [2.45, 2.75) is 50.5 Å². The van der Waals surface area contributed by atoms with Crippen molar-refractivity contribution in [2.75, 3.05) is 0 Å². The van der Waals surface area contributed by atoms with Crippen molar-refractivity contribution in [2.24, 2.45) is 0 Å². The molecule has 0 amide bonds. The van der Waals surface area contributed by atoms with Crippen LogP contribution in [0.4, 0.5) is 0 Å². The van der Waals surface area contributed by atoms with Crippen LogP contribution < -0.4 is 0 Å². The van der Waals surface area contributed by atoms with Crippen molar-refractivity contribution in [1.29, 1.82) is 0 Å². The van der Waals surface area contributed by atoms with Gasteiger partial charge in [-0.2, -0.15) is 0 Å². The van der Waals surface area contributed by atoms with E-state index in [0.717, 1.165) is 6.42 Å². The molecule has 0 heterocycles. The molecule has 1 aliphatic rings. The summed E-state index contributed by atoms with van der Waals surface area (Å²) in [6.45, 7) is 1.91. The number of hydrogen-bond donors (Lipinski definition) is 1. The first-order valence-corrected chi connectivity index (χ1v) is 5.97. The van der Waals surface area contributed by atoms with Gasteiger partial charge in [0.2, 0.25) is 0 Å². The Balaban J connectivity index is 2.26. The van der Waals surface area contributed by atoms with Crippen LogP contribution in [0, 0.1) is 0 Å². The first kappa shape index (κ1) is 10.7. The lowest BCUT2D eigenvalue weighted by Crippen LogP contribution is -2.26. The van der Waals surface area contributed by atoms with Gasteiger partial charge >= 0.3 is 0 Å². The van der Waals surface area contributed by atoms with Crippen molar-refractivity contribution < 1.29 is 5.11 Å². The highest BCUT2D eigenvalue weighted by Gasteiger charge is 2.36. The van der Waals surface area contributed by atoms with Crippen molar-refractivity contribution in [1.82, 2.24) is 0 Å². The number of hydrogen-bond acceptors (Lipinski definition) is 1. The molecule has 1 aromatic carbocycles. The smallest absolute Gasteiger partial charge is 0.0520 e. The summed E-state index contributed by atoms with van der Waals surface area (Å²) < 4.78 is 0. The molecule has 1 nitrogen and oxygen atoms in total. The summed E-state index contributed by atoms with van der Waals surface area (Å²) in [5.41, 5.74) is 1.68. The zero-order chi connectivity index (χ0) is 10.7. The van der Waals surface area contributed by atoms with Gasteiger partial charge in [0.05, 0.1) is 6.10 Å². The van der Waals surface area contributed by atoms with Crippen LogP contribution in [0.2, 0.25) is 0 Å². The van der Waals surface area contributed by atoms with Gasteiger partial charge in [-0.25, -0.2) is 0 Å². The second kappa shape index (κ2) is 4.36. The predicted octanol–water partition coefficient (Wildman–Crippen LogP) is 3.27. The predicted molar refractivity (Wildman–Crippen MR) is 62.9 cm³/mol. The summed E-state index contributed by atoms with van der Waals surface area (Å²) in [6, 6.07) is 10.7. The number of benzene rings is 1. The normalized spacial score (nSPS) is 21.5. The van der Waals surface area contributed by atoms with Crippen LogP contribution in [0.25, 0.3) is 0 Å². The summed E-state index contributed by atoms with van der Waals surface area (Å²) >= 11 is 0. The van der Waals surface area contributed by atoms with Gasteiger partial charge in [-0.1, -0.05) is 43.2 Å². The van der Waals surface area contributed by atoms with Crippen LogP contribution >= 0.6 is 0 Å². The van der Waals surface area contributed by atoms with E-state index in [2.05, 4.69) is 30.3 Å². The van der Waals surface area contributed by atoms with Gasteiger partial charge in [-0.3, -0.25) is 0 Å². The van der Waals surface area contributed by atoms with Gasteiger partial charge in [0.25, 0.3) is 0 Å². The molecule has 0 bridgehead atoms. The second-order valence-electron chi connectivity index (χ2n) is 4.91. The van der Waals surface area contributed by atoms with Crippen LogP contribution in [0.3, 0.4) is 0 Å². The highest BCUT2D eigenvalue weighted by molar-refractivity contribution is 5.26. The molecule has 1 aliphatic carbocycles. The largest absolute Gasteiger partial charge is 0.393 e. The Labute approximate surface area is 92.1 Å². The first-order valence-electron chi connectivity index (χ1n) is 5.97. The van der Waals surface area contributed by atoms with Gasteiger partial charge in [-0.15, -0.1) is 0 Å². The third-order valence-electron chi connectivity index (χ3n) is 3.63. The Kier molecular flexibility index (Phi) is 3.11. The average Bonchev–Trinajstić information content (AvgIpc) is 2.68. The van der Waals surface area contributed by atoms with Crippen LogP contribution in [-0.4, -0.2) is 11.2 Å². The van der Waals surface area contributed by atoms with Crippen molar-refractivity contribution in [3.05, 3.63) is 35.9 Å². The molecule has 0 aromatic heterocycles. The minimum absolute atomic E-state index is 0.191. The van der Waals surface area contributed by atoms with E-state index >= 15 is 0 Å². The van der Waals surface area contributed by atoms with Gasteiger partial charge in [-0.05, 0) is 37.2 Å². The molecule has 2 rings (SSSR count). The molecule has 1 unspecified atom stereocenters. The Morgan fingerprint density at radius 3 is 2.33 bits per heavy atom. The minimum atomic E-state index is -0.191. The molecule has 1 aromatic rings. The average molecular weight is 204 g/mol. The van der Waals surface area contributed by atoms with E-state index in [4.69, 9.17) is 0 Å². The van der Waals surface area contributed by atoms with Gasteiger partial charge in [0.1, 0.15) is 0 Å². The summed E-state index contributed by atoms with van der Waals surface area (Å²) in [6.07, 6.45) is 5.81. The van der Waals surface area contributed by atoms with Crippen molar-refractivity contribution >= 4 is 0 Å². The molecule has 1 heteroatoms. The molecule has 1 saturated carbocycles. The quantitative estimate of drug-likeness (QED) is 0.801. The molecule has 1 fully saturated rings. The molecular formula is C14H20O. The number of aliphatic hydroxyl groups is 1. The Hall–Kier alpha value is -0.820. The second-order valence-corrected chi connectivity index (χ2v) is 4.91. The van der Waals surface area contributed by atoms with Crippen LogP contribution in [0.1, 0.15) is 44.6 Å². The molecule has 15 heavy (non-hydrogen) atoms. The lowest BCUT2D eigenvalue weighted by molar-refractivity contribution is 0.147. The molecule has 0 saturated heterocycles. The zero-order valence-electron chi connectivity index (χ0n) is 9.45. The van der Waals surface area contributed by atoms with Crippen LogP contribution in [0.15, 0.2) is 30.3 Å². The fraction of sp³-hybridized carbons (Fsp3) is 0.571. The number of rotatable bonds is 3. The van der Waals surface area contributed by atoms with Crippen molar-refractivity contribution in [3.63, 3.8) is 0 Å². The fourth-order valence-electron chi connectivity index (χ4n) is 3.02. The van der Waals surface area contributed by atoms with E-state index < -0.39 is 0 Å². The Morgan fingerprint density at radius 1 is 1.20 bits per heavy atom. The molecule has 1 N–H and O–H groups in total. The van der Waals surface area contributed by atoms with E-state index in [1.54, 1.807) is 0 Å². The lowest BCUT2D eigenvalue weighted by atomic mass is 9.75. The monoisotopic (exact) mass is 204 g/mol. The SMILES string of the molecule is CC(O)CC1(c2ccccc2)CCCC1. The topological polar surface area (TPSA) is 20.2 Å². The third kappa shape index (κ3) is 2.23. The van der Waals surface area contributed by atoms with E-state index in [1.165, 1.54) is 31.2 Å². The van der Waals surface area contributed by atoms with E-state index in [0.29, 0.717) is 0 Å². The Bertz CT molecular complexity index is 296. The van der Waals surface area contributed by atoms with Crippen LogP contribution in [-0.2, 0) is 5.41 Å². The fourth-order valence-corrected chi connectivity index (χ4v) is 3.02. The highest BCUT2D eigenvalue weighted by Crippen LogP contribution is 2.44. The lowest BCUT2D eigenvalue weighted by Gasteiger charge is -2.31. The minimum Gasteiger partial charge on any atom is -0.393 e. The maximum atomic E-state index is 9.64. The molecule has 82 valence electrons. The molecule has 1 atom stereocenters. The number of aliphatic hydroxyl groups excluding tert-OH is 1. The first-order chi connectivity index (χ1) is 7.23. The maximum absolute atomic E-state index is 9.64. The van der Waals surface area contributed by atoms with E-state index in [-0.39, 0.29) is 11.5 Å². The summed E-state index contributed by atoms with van der Waals surface area (Å²) in [4.78, 5) is 0. The van der Waals surface area contributed by atoms with Crippen LogP contribution in [0.5, 0.6) is 0 Å².